The Balaban J connectivity index is 1.49. The van der Waals surface area contributed by atoms with E-state index in [4.69, 9.17) is 9.47 Å². The van der Waals surface area contributed by atoms with Crippen LogP contribution in [-0.4, -0.2) is 39.5 Å². The molecule has 2 N–H and O–H groups in total. The Morgan fingerprint density at radius 3 is 2.66 bits per heavy atom. The largest absolute Gasteiger partial charge is 0.493 e. The first-order chi connectivity index (χ1) is 13.9. The van der Waals surface area contributed by atoms with Crippen molar-refractivity contribution in [3.63, 3.8) is 0 Å². The third-order valence-corrected chi connectivity index (χ3v) is 6.44. The van der Waals surface area contributed by atoms with Crippen LogP contribution in [0.15, 0.2) is 51.8 Å². The van der Waals surface area contributed by atoms with Gasteiger partial charge in [-0.2, -0.15) is 8.42 Å². The van der Waals surface area contributed by atoms with Crippen molar-refractivity contribution < 1.29 is 22.7 Å². The molecule has 8 nitrogen and oxygen atoms in total. The maximum Gasteiger partial charge on any atom is 0.286 e. The standard InChI is InChI=1S/C19H21N3O5S2/c1-26-15-8-7-13(11-16(15)27-2)12-20-18(23)9-10-28-19-21-14-5-3-4-6-17(14)29(24,25)22-19/h3-8,11H,9-10,12H2,1-2H3,(H,20,23)(H,21,22). The molecular formula is C19H21N3O5S2. The third kappa shape index (κ3) is 5.21. The number of fused-ring (bicyclic) bond motifs is 1. The minimum atomic E-state index is -3.72. The van der Waals surface area contributed by atoms with Crippen LogP contribution in [0.4, 0.5) is 5.69 Å². The van der Waals surface area contributed by atoms with Crippen LogP contribution >= 0.6 is 11.8 Å². The number of nitrogens with zero attached hydrogens (tertiary/aromatic N) is 1. The summed E-state index contributed by atoms with van der Waals surface area (Å²) < 4.78 is 38.6. The summed E-state index contributed by atoms with van der Waals surface area (Å²) in [7, 11) is -0.603. The van der Waals surface area contributed by atoms with E-state index < -0.39 is 10.0 Å². The van der Waals surface area contributed by atoms with Gasteiger partial charge in [-0.25, -0.2) is 0 Å². The molecule has 1 aliphatic heterocycles. The molecule has 0 saturated carbocycles. The quantitative estimate of drug-likeness (QED) is 0.689. The Labute approximate surface area is 173 Å². The molecule has 154 valence electrons. The number of amidine groups is 1. The lowest BCUT2D eigenvalue weighted by molar-refractivity contribution is -0.120. The topological polar surface area (TPSA) is 106 Å². The molecule has 3 rings (SSSR count). The number of ether oxygens (including phenoxy) is 2. The SMILES string of the molecule is COc1ccc(CNC(=O)CCSC2=NS(=O)(=O)c3ccccc3N2)cc1OC. The molecule has 0 bridgehead atoms. The Kier molecular flexibility index (Phi) is 6.65. The van der Waals surface area contributed by atoms with Gasteiger partial charge in [-0.05, 0) is 29.8 Å². The van der Waals surface area contributed by atoms with Gasteiger partial charge in [0.15, 0.2) is 16.7 Å². The number of methoxy groups -OCH3 is 2. The monoisotopic (exact) mass is 435 g/mol. The molecule has 0 fully saturated rings. The van der Waals surface area contributed by atoms with E-state index in [0.29, 0.717) is 29.5 Å². The molecule has 2 aromatic rings. The second kappa shape index (κ2) is 9.19. The number of anilines is 1. The molecule has 10 heteroatoms. The van der Waals surface area contributed by atoms with Crippen molar-refractivity contribution in [2.45, 2.75) is 17.9 Å². The van der Waals surface area contributed by atoms with Crippen LogP contribution in [0.1, 0.15) is 12.0 Å². The van der Waals surface area contributed by atoms with Gasteiger partial charge in [0, 0.05) is 18.7 Å². The van der Waals surface area contributed by atoms with E-state index in [1.54, 1.807) is 44.6 Å². The van der Waals surface area contributed by atoms with E-state index in [0.717, 1.165) is 5.56 Å². The fourth-order valence-electron chi connectivity index (χ4n) is 2.67. The fourth-order valence-corrected chi connectivity index (χ4v) is 4.85. The lowest BCUT2D eigenvalue weighted by Crippen LogP contribution is -2.24. The smallest absolute Gasteiger partial charge is 0.286 e. The van der Waals surface area contributed by atoms with E-state index in [9.17, 15) is 13.2 Å². The van der Waals surface area contributed by atoms with Crippen molar-refractivity contribution in [2.75, 3.05) is 25.3 Å². The second-order valence-electron chi connectivity index (χ2n) is 6.06. The van der Waals surface area contributed by atoms with E-state index in [2.05, 4.69) is 15.0 Å². The Hall–Kier alpha value is -2.72. The third-order valence-electron chi connectivity index (χ3n) is 4.12. The highest BCUT2D eigenvalue weighted by atomic mass is 32.2. The van der Waals surface area contributed by atoms with Crippen LogP contribution in [-0.2, 0) is 21.4 Å². The summed E-state index contributed by atoms with van der Waals surface area (Å²) in [6, 6.07) is 12.0. The highest BCUT2D eigenvalue weighted by molar-refractivity contribution is 8.14. The predicted molar refractivity (Wildman–Crippen MR) is 113 cm³/mol. The molecule has 1 amide bonds. The number of sulfonamides is 1. The average Bonchev–Trinajstić information content (AvgIpc) is 2.71. The van der Waals surface area contributed by atoms with Gasteiger partial charge in [-0.15, -0.1) is 4.40 Å². The molecule has 29 heavy (non-hydrogen) atoms. The van der Waals surface area contributed by atoms with Crippen LogP contribution in [0, 0.1) is 0 Å². The number of carbonyl (C=O) groups excluding carboxylic acids is 1. The van der Waals surface area contributed by atoms with Gasteiger partial charge in [0.05, 0.1) is 19.9 Å². The highest BCUT2D eigenvalue weighted by Gasteiger charge is 2.24. The van der Waals surface area contributed by atoms with Crippen LogP contribution in [0.2, 0.25) is 0 Å². The summed E-state index contributed by atoms with van der Waals surface area (Å²) in [6.45, 7) is 0.352. The van der Waals surface area contributed by atoms with Crippen LogP contribution in [0.3, 0.4) is 0 Å². The Bertz CT molecular complexity index is 1040. The van der Waals surface area contributed by atoms with Gasteiger partial charge in [0.25, 0.3) is 10.0 Å². The zero-order chi connectivity index (χ0) is 20.9. The molecule has 1 aliphatic rings. The summed E-state index contributed by atoms with van der Waals surface area (Å²) in [4.78, 5) is 12.3. The van der Waals surface area contributed by atoms with Crippen molar-refractivity contribution in [1.82, 2.24) is 5.32 Å². The first-order valence-electron chi connectivity index (χ1n) is 8.74. The lowest BCUT2D eigenvalue weighted by atomic mass is 10.2. The summed E-state index contributed by atoms with van der Waals surface area (Å²) in [5.41, 5.74) is 1.37. The molecule has 0 radical (unpaired) electrons. The van der Waals surface area contributed by atoms with Gasteiger partial charge >= 0.3 is 0 Å². The van der Waals surface area contributed by atoms with Crippen molar-refractivity contribution in [3.05, 3.63) is 48.0 Å². The summed E-state index contributed by atoms with van der Waals surface area (Å²) in [6.07, 6.45) is 0.223. The van der Waals surface area contributed by atoms with Gasteiger partial charge in [-0.3, -0.25) is 4.79 Å². The van der Waals surface area contributed by atoms with Gasteiger partial charge < -0.3 is 20.1 Å². The van der Waals surface area contributed by atoms with Crippen LogP contribution in [0.5, 0.6) is 11.5 Å². The molecule has 2 aromatic carbocycles. The van der Waals surface area contributed by atoms with Crippen molar-refractivity contribution >= 4 is 38.5 Å². The number of hydrogen-bond donors (Lipinski definition) is 2. The van der Waals surface area contributed by atoms with Gasteiger partial charge in [0.1, 0.15) is 4.90 Å². The predicted octanol–water partition coefficient (Wildman–Crippen LogP) is 2.61. The molecule has 0 unspecified atom stereocenters. The minimum Gasteiger partial charge on any atom is -0.493 e. The van der Waals surface area contributed by atoms with Crippen LogP contribution < -0.4 is 20.1 Å². The number of nitrogens with one attached hydrogen (secondary N) is 2. The summed E-state index contributed by atoms with van der Waals surface area (Å²) in [5.74, 6) is 1.46. The molecule has 0 atom stereocenters. The molecule has 0 aromatic heterocycles. The molecule has 0 spiro atoms. The Morgan fingerprint density at radius 2 is 1.90 bits per heavy atom. The normalized spacial score (nSPS) is 14.2. The maximum atomic E-state index is 12.2. The molecule has 0 saturated heterocycles. The second-order valence-corrected chi connectivity index (χ2v) is 8.71. The number of rotatable bonds is 7. The number of hydrogen-bond acceptors (Lipinski definition) is 7. The van der Waals surface area contributed by atoms with Crippen molar-refractivity contribution in [1.29, 1.82) is 0 Å². The van der Waals surface area contributed by atoms with E-state index in [-0.39, 0.29) is 22.4 Å². The average molecular weight is 436 g/mol. The molecule has 1 heterocycles. The van der Waals surface area contributed by atoms with Crippen molar-refractivity contribution in [3.8, 4) is 11.5 Å². The molecule has 0 aliphatic carbocycles. The first kappa shape index (κ1) is 21.0. The highest BCUT2D eigenvalue weighted by Crippen LogP contribution is 2.29. The summed E-state index contributed by atoms with van der Waals surface area (Å²) >= 11 is 1.19. The maximum absolute atomic E-state index is 12.2. The first-order valence-corrected chi connectivity index (χ1v) is 11.2. The molecular weight excluding hydrogens is 414 g/mol. The van der Waals surface area contributed by atoms with E-state index >= 15 is 0 Å². The van der Waals surface area contributed by atoms with Gasteiger partial charge in [-0.1, -0.05) is 30.0 Å². The Morgan fingerprint density at radius 1 is 1.14 bits per heavy atom. The minimum absolute atomic E-state index is 0.146. The zero-order valence-corrected chi connectivity index (χ0v) is 17.6. The van der Waals surface area contributed by atoms with E-state index in [1.165, 1.54) is 17.8 Å². The number of amides is 1. The summed E-state index contributed by atoms with van der Waals surface area (Å²) in [5, 5.41) is 6.07. The van der Waals surface area contributed by atoms with Crippen LogP contribution in [0.25, 0.3) is 0 Å². The van der Waals surface area contributed by atoms with Gasteiger partial charge in [0.2, 0.25) is 5.91 Å². The lowest BCUT2D eigenvalue weighted by Gasteiger charge is -2.17. The van der Waals surface area contributed by atoms with Crippen molar-refractivity contribution in [2.24, 2.45) is 4.40 Å². The zero-order valence-electron chi connectivity index (χ0n) is 16.0. The number of carbonyl (C=O) groups is 1. The number of thioether (sulfide) groups is 1. The number of para-hydroxylation sites is 1. The van der Waals surface area contributed by atoms with E-state index in [1.807, 2.05) is 6.07 Å². The fraction of sp³-hybridized carbons (Fsp3) is 0.263. The number of benzene rings is 2.